The highest BCUT2D eigenvalue weighted by Gasteiger charge is 2.17. The molecule has 0 atom stereocenters. The van der Waals surface area contributed by atoms with Crippen molar-refractivity contribution < 1.29 is 38.7 Å². The van der Waals surface area contributed by atoms with Gasteiger partial charge in [-0.05, 0) is 78.7 Å². The zero-order chi connectivity index (χ0) is 39.4. The van der Waals surface area contributed by atoms with Gasteiger partial charge in [0, 0.05) is 35.5 Å². The maximum atomic E-state index is 11.0. The molecule has 0 spiro atoms. The van der Waals surface area contributed by atoms with E-state index in [1.54, 1.807) is 12.1 Å². The van der Waals surface area contributed by atoms with Crippen LogP contribution in [0.5, 0.6) is 23.5 Å². The summed E-state index contributed by atoms with van der Waals surface area (Å²) in [6.45, 7) is 13.0. The number of aromatic nitrogens is 2. The second-order valence-corrected chi connectivity index (χ2v) is 13.1. The predicted molar refractivity (Wildman–Crippen MR) is 208 cm³/mol. The summed E-state index contributed by atoms with van der Waals surface area (Å²) in [6, 6.07) is 15.5. The molecule has 0 aliphatic heterocycles. The van der Waals surface area contributed by atoms with E-state index in [-0.39, 0.29) is 37.0 Å². The number of benzene rings is 2. The van der Waals surface area contributed by atoms with E-state index in [1.165, 1.54) is 14.2 Å². The van der Waals surface area contributed by atoms with Crippen LogP contribution in [0.1, 0.15) is 52.6 Å². The first-order valence-corrected chi connectivity index (χ1v) is 17.7. The van der Waals surface area contributed by atoms with Crippen molar-refractivity contribution in [1.82, 2.24) is 20.6 Å². The van der Waals surface area contributed by atoms with E-state index in [0.717, 1.165) is 33.4 Å². The van der Waals surface area contributed by atoms with Crippen LogP contribution in [0.2, 0.25) is 10.0 Å². The quantitative estimate of drug-likeness (QED) is 0.0480. The Morgan fingerprint density at radius 1 is 0.722 bits per heavy atom. The van der Waals surface area contributed by atoms with Crippen LogP contribution in [0.4, 0.5) is 0 Å². The number of rotatable bonds is 21. The van der Waals surface area contributed by atoms with Gasteiger partial charge in [-0.15, -0.1) is 0 Å². The van der Waals surface area contributed by atoms with E-state index in [2.05, 4.69) is 45.9 Å². The Morgan fingerprint density at radius 2 is 1.22 bits per heavy atom. The van der Waals surface area contributed by atoms with Gasteiger partial charge in [-0.2, -0.15) is 9.97 Å². The molecule has 0 amide bonds. The van der Waals surface area contributed by atoms with Gasteiger partial charge in [0.25, 0.3) is 0 Å². The number of pyridine rings is 2. The van der Waals surface area contributed by atoms with E-state index >= 15 is 0 Å². The predicted octanol–water partition coefficient (Wildman–Crippen LogP) is 7.83. The fraction of sp³-hybridized carbons (Fsp3) is 0.300. The van der Waals surface area contributed by atoms with Crippen molar-refractivity contribution in [2.75, 3.05) is 20.8 Å². The average Bonchev–Trinajstić information content (AvgIpc) is 3.14. The molecule has 12 nitrogen and oxygen atoms in total. The number of allylic oxidation sites excluding steroid dienone is 1. The van der Waals surface area contributed by atoms with E-state index in [0.29, 0.717) is 71.1 Å². The minimum Gasteiger partial charge on any atom is -0.481 e. The molecule has 0 fully saturated rings. The number of carboxylic acids is 2. The second-order valence-electron chi connectivity index (χ2n) is 12.3. The molecule has 0 radical (unpaired) electrons. The van der Waals surface area contributed by atoms with Crippen LogP contribution in [0.3, 0.4) is 0 Å². The first-order chi connectivity index (χ1) is 25.8. The van der Waals surface area contributed by atoms with Crippen molar-refractivity contribution in [1.29, 1.82) is 0 Å². The Kier molecular flexibility index (Phi) is 15.1. The van der Waals surface area contributed by atoms with Crippen LogP contribution in [0.25, 0.3) is 11.1 Å². The Hall–Kier alpha value is -5.30. The molecular formula is C40H44Cl2N4O8. The third kappa shape index (κ3) is 11.1. The summed E-state index contributed by atoms with van der Waals surface area (Å²) in [5, 5.41) is 24.8. The Labute approximate surface area is 324 Å². The van der Waals surface area contributed by atoms with Gasteiger partial charge < -0.3 is 39.8 Å². The van der Waals surface area contributed by atoms with Crippen LogP contribution >= 0.6 is 23.2 Å². The summed E-state index contributed by atoms with van der Waals surface area (Å²) >= 11 is 13.1. The molecule has 4 aromatic rings. The minimum atomic E-state index is -1.02. The molecular weight excluding hydrogens is 735 g/mol. The zero-order valence-electron chi connectivity index (χ0n) is 30.7. The van der Waals surface area contributed by atoms with Gasteiger partial charge in [0.05, 0.1) is 20.6 Å². The molecule has 14 heteroatoms. The average molecular weight is 780 g/mol. The number of hydrogen-bond donors (Lipinski definition) is 4. The molecule has 286 valence electrons. The molecule has 0 saturated heterocycles. The summed E-state index contributed by atoms with van der Waals surface area (Å²) < 4.78 is 23.2. The molecule has 0 unspecified atom stereocenters. The first kappa shape index (κ1) is 41.5. The van der Waals surface area contributed by atoms with Crippen molar-refractivity contribution in [2.24, 2.45) is 0 Å². The van der Waals surface area contributed by atoms with Gasteiger partial charge in [-0.1, -0.05) is 72.8 Å². The lowest BCUT2D eigenvalue weighted by molar-refractivity contribution is -0.137. The lowest BCUT2D eigenvalue weighted by atomic mass is 9.92. The number of ether oxygens (including phenoxy) is 4. The summed E-state index contributed by atoms with van der Waals surface area (Å²) in [6.07, 6.45) is 0.569. The highest BCUT2D eigenvalue weighted by Crippen LogP contribution is 2.34. The van der Waals surface area contributed by atoms with E-state index < -0.39 is 11.9 Å². The largest absolute Gasteiger partial charge is 0.481 e. The maximum absolute atomic E-state index is 11.0. The lowest BCUT2D eigenvalue weighted by Crippen LogP contribution is -2.17. The Bertz CT molecular complexity index is 2020. The molecule has 2 aromatic carbocycles. The van der Waals surface area contributed by atoms with Crippen molar-refractivity contribution in [3.63, 3.8) is 0 Å². The van der Waals surface area contributed by atoms with Crippen molar-refractivity contribution >= 4 is 35.1 Å². The molecule has 0 aliphatic rings. The van der Waals surface area contributed by atoms with E-state index in [1.807, 2.05) is 38.1 Å². The monoisotopic (exact) mass is 778 g/mol. The van der Waals surface area contributed by atoms with E-state index in [4.69, 9.17) is 52.4 Å². The fourth-order valence-corrected chi connectivity index (χ4v) is 5.95. The fourth-order valence-electron chi connectivity index (χ4n) is 5.49. The van der Waals surface area contributed by atoms with Crippen LogP contribution < -0.4 is 29.6 Å². The highest BCUT2D eigenvalue weighted by atomic mass is 35.5. The van der Waals surface area contributed by atoms with Gasteiger partial charge in [-0.25, -0.2) is 4.79 Å². The van der Waals surface area contributed by atoms with Gasteiger partial charge in [0.15, 0.2) is 0 Å². The summed E-state index contributed by atoms with van der Waals surface area (Å²) in [5.41, 5.74) is 8.06. The first-order valence-electron chi connectivity index (χ1n) is 17.0. The van der Waals surface area contributed by atoms with Crippen LogP contribution in [-0.2, 0) is 35.9 Å². The van der Waals surface area contributed by atoms with Crippen molar-refractivity contribution in [3.8, 4) is 34.6 Å². The molecule has 2 heterocycles. The number of nitrogens with zero attached hydrogens (tertiary/aromatic N) is 2. The minimum absolute atomic E-state index is 0.0221. The molecule has 0 saturated carbocycles. The zero-order valence-corrected chi connectivity index (χ0v) is 32.2. The molecule has 0 aliphatic carbocycles. The molecule has 4 rings (SSSR count). The number of carbonyl (C=O) groups is 2. The maximum Gasteiger partial charge on any atom is 0.330 e. The third-order valence-corrected chi connectivity index (χ3v) is 9.20. The number of carboxylic acid groups (broad SMARTS) is 2. The second kappa shape index (κ2) is 19.7. The highest BCUT2D eigenvalue weighted by molar-refractivity contribution is 6.32. The smallest absolute Gasteiger partial charge is 0.330 e. The van der Waals surface area contributed by atoms with Crippen molar-refractivity contribution in [2.45, 2.75) is 59.4 Å². The van der Waals surface area contributed by atoms with Gasteiger partial charge >= 0.3 is 11.9 Å². The number of aliphatic carboxylic acids is 2. The van der Waals surface area contributed by atoms with Gasteiger partial charge in [0.2, 0.25) is 23.5 Å². The summed E-state index contributed by atoms with van der Waals surface area (Å²) in [4.78, 5) is 30.8. The number of halogens is 2. The Balaban J connectivity index is 1.44. The molecule has 54 heavy (non-hydrogen) atoms. The third-order valence-electron chi connectivity index (χ3n) is 8.65. The SMILES string of the molecule is C=C(CCC(=O)O)NCc1cc(Cl)c(OCc2cccc(-c3cccc(COc4nc(OC)c(CNCCC(=C)C(=O)O)cc4Cl)c3C)c2C)nc1OC. The molecule has 4 N–H and O–H groups in total. The van der Waals surface area contributed by atoms with E-state index in [9.17, 15) is 9.59 Å². The van der Waals surface area contributed by atoms with Crippen LogP contribution in [-0.4, -0.2) is 52.9 Å². The normalized spacial score (nSPS) is 10.8. The van der Waals surface area contributed by atoms with Crippen LogP contribution in [0.15, 0.2) is 73.0 Å². The number of hydrogen-bond acceptors (Lipinski definition) is 10. The van der Waals surface area contributed by atoms with Crippen molar-refractivity contribution in [3.05, 3.63) is 116 Å². The molecule has 0 bridgehead atoms. The Morgan fingerprint density at radius 3 is 1.69 bits per heavy atom. The standard InChI is InChI=1S/C40H44Cl2N4O8/c1-23(40(49)50)15-16-43-19-29-17-33(41)38(45-36(29)51-5)53-21-27-9-7-11-31(25(27)3)32-12-8-10-28(26(32)4)22-54-39-34(42)18-30(37(46-39)52-6)20-44-24(2)13-14-35(47)48/h7-12,17-18,43-44H,1-2,13-16,19-22H2,3-6H3,(H,47,48)(H,49,50). The number of methoxy groups -OCH3 is 2. The molecule has 2 aromatic heterocycles. The lowest BCUT2D eigenvalue weighted by Gasteiger charge is -2.18. The summed E-state index contributed by atoms with van der Waals surface area (Å²) in [7, 11) is 3.01. The van der Waals surface area contributed by atoms with Gasteiger partial charge in [0.1, 0.15) is 23.3 Å². The summed E-state index contributed by atoms with van der Waals surface area (Å²) in [5.74, 6) is -0.798. The van der Waals surface area contributed by atoms with Crippen LogP contribution in [0, 0.1) is 13.8 Å². The number of nitrogens with one attached hydrogen (secondary N) is 2. The van der Waals surface area contributed by atoms with Gasteiger partial charge in [-0.3, -0.25) is 4.79 Å². The topological polar surface area (TPSA) is 161 Å².